The predicted octanol–water partition coefficient (Wildman–Crippen LogP) is 8.01. The normalized spacial score (nSPS) is 11.8. The molecule has 0 bridgehead atoms. The van der Waals surface area contributed by atoms with Crippen molar-refractivity contribution in [1.82, 2.24) is 4.98 Å². The lowest BCUT2D eigenvalue weighted by atomic mass is 10.1. The van der Waals surface area contributed by atoms with Gasteiger partial charge in [0.05, 0.1) is 0 Å². The van der Waals surface area contributed by atoms with Crippen LogP contribution in [-0.2, 0) is 4.79 Å². The minimum Gasteiger partial charge on any atom is -0.453 e. The van der Waals surface area contributed by atoms with Gasteiger partial charge in [0.2, 0.25) is 0 Å². The molecule has 0 N–H and O–H groups in total. The van der Waals surface area contributed by atoms with Gasteiger partial charge in [-0.3, -0.25) is 9.59 Å². The Morgan fingerprint density at radius 2 is 1.63 bits per heavy atom. The number of carbonyl (C=O) groups excluding carboxylic acids is 1. The van der Waals surface area contributed by atoms with Gasteiger partial charge < -0.3 is 9.15 Å². The number of ether oxygens (including phenoxy) is 1. The summed E-state index contributed by atoms with van der Waals surface area (Å²) in [5, 5.41) is 0. The Labute approximate surface area is 208 Å². The van der Waals surface area contributed by atoms with Crippen LogP contribution in [0.4, 0.5) is 0 Å². The second-order valence-corrected chi connectivity index (χ2v) is 8.90. The zero-order valence-electron chi connectivity index (χ0n) is 20.8. The molecule has 0 unspecified atom stereocenters. The highest BCUT2D eigenvalue weighted by atomic mass is 16.5. The van der Waals surface area contributed by atoms with Gasteiger partial charge in [-0.2, -0.15) is 0 Å². The number of fused-ring (bicyclic) bond motifs is 2. The number of unbranched alkanes of at least 4 members (excludes halogenated alkanes) is 8. The van der Waals surface area contributed by atoms with Crippen LogP contribution in [0.2, 0.25) is 0 Å². The highest BCUT2D eigenvalue weighted by molar-refractivity contribution is 5.79. The van der Waals surface area contributed by atoms with E-state index in [9.17, 15) is 9.59 Å². The molecule has 1 aliphatic heterocycles. The van der Waals surface area contributed by atoms with E-state index >= 15 is 0 Å². The first-order valence-corrected chi connectivity index (χ1v) is 13.0. The molecule has 5 heteroatoms. The molecule has 0 saturated heterocycles. The van der Waals surface area contributed by atoms with Crippen molar-refractivity contribution in [3.8, 4) is 17.2 Å². The smallest absolute Gasteiger partial charge is 0.311 e. The van der Waals surface area contributed by atoms with E-state index in [4.69, 9.17) is 9.15 Å². The quantitative estimate of drug-likeness (QED) is 0.0732. The van der Waals surface area contributed by atoms with E-state index in [0.717, 1.165) is 32.1 Å². The third-order valence-electron chi connectivity index (χ3n) is 5.90. The molecule has 5 nitrogen and oxygen atoms in total. The first kappa shape index (κ1) is 26.4. The number of nitrogens with zero attached hydrogens (tertiary/aromatic N) is 1. The fraction of sp³-hybridized carbons (Fsp3) is 0.433. The Kier molecular flexibility index (Phi) is 11.3. The Morgan fingerprint density at radius 1 is 0.886 bits per heavy atom. The summed E-state index contributed by atoms with van der Waals surface area (Å²) >= 11 is 0. The topological polar surface area (TPSA) is 69.4 Å². The molecule has 0 spiro atoms. The standard InChI is InChI=1S/C30H37NO4/c1-2-3-4-5-6-7-8-9-10-11-12-13-14-15-16-17-30(33)34-25-19-21-27-29(23-25)35-28-22-24(32)18-20-26(28)31-27/h3-4,6-7,18-23H,2,5,8-17H2,1H3/b4-3-,7-6-. The molecule has 35 heavy (non-hydrogen) atoms. The van der Waals surface area contributed by atoms with Crippen molar-refractivity contribution in [2.45, 2.75) is 84.0 Å². The van der Waals surface area contributed by atoms with Gasteiger partial charge in [-0.15, -0.1) is 0 Å². The molecule has 1 aromatic rings. The Balaban J connectivity index is 1.26. The number of rotatable bonds is 15. The first-order valence-electron chi connectivity index (χ1n) is 13.0. The van der Waals surface area contributed by atoms with E-state index in [2.05, 4.69) is 36.2 Å². The molecule has 2 aliphatic rings. The second-order valence-electron chi connectivity index (χ2n) is 8.90. The third-order valence-corrected chi connectivity index (χ3v) is 5.90. The maximum atomic E-state index is 12.2. The molecule has 1 aromatic carbocycles. The van der Waals surface area contributed by atoms with Crippen molar-refractivity contribution in [3.05, 3.63) is 70.9 Å². The van der Waals surface area contributed by atoms with Crippen molar-refractivity contribution in [2.24, 2.45) is 0 Å². The number of hydrogen-bond acceptors (Lipinski definition) is 5. The zero-order chi connectivity index (χ0) is 24.7. The minimum atomic E-state index is -0.238. The summed E-state index contributed by atoms with van der Waals surface area (Å²) in [6, 6.07) is 9.63. The molecule has 3 rings (SSSR count). The first-order chi connectivity index (χ1) is 17.2. The molecule has 0 aromatic heterocycles. The van der Waals surface area contributed by atoms with Gasteiger partial charge in [-0.05, 0) is 56.4 Å². The van der Waals surface area contributed by atoms with Crippen LogP contribution >= 0.6 is 0 Å². The molecule has 0 atom stereocenters. The van der Waals surface area contributed by atoms with E-state index in [-0.39, 0.29) is 11.4 Å². The van der Waals surface area contributed by atoms with E-state index < -0.39 is 0 Å². The molecule has 0 amide bonds. The maximum Gasteiger partial charge on any atom is 0.311 e. The van der Waals surface area contributed by atoms with Crippen molar-refractivity contribution in [3.63, 3.8) is 0 Å². The molecular weight excluding hydrogens is 438 g/mol. The van der Waals surface area contributed by atoms with Crippen LogP contribution in [-0.4, -0.2) is 11.0 Å². The lowest BCUT2D eigenvalue weighted by Crippen LogP contribution is -2.07. The van der Waals surface area contributed by atoms with Crippen LogP contribution in [0.5, 0.6) is 5.75 Å². The summed E-state index contributed by atoms with van der Waals surface area (Å²) in [5.74, 6) is 0.608. The van der Waals surface area contributed by atoms with E-state index in [1.54, 1.807) is 24.3 Å². The maximum absolute atomic E-state index is 12.2. The average molecular weight is 476 g/mol. The largest absolute Gasteiger partial charge is 0.453 e. The van der Waals surface area contributed by atoms with Crippen LogP contribution < -0.4 is 10.2 Å². The fourth-order valence-electron chi connectivity index (χ4n) is 3.98. The number of esters is 1. The summed E-state index contributed by atoms with van der Waals surface area (Å²) < 4.78 is 11.3. The second kappa shape index (κ2) is 14.9. The fourth-order valence-corrected chi connectivity index (χ4v) is 3.98. The molecule has 1 heterocycles. The number of hydrogen-bond donors (Lipinski definition) is 0. The number of aromatic nitrogens is 1. The van der Waals surface area contributed by atoms with Gasteiger partial charge in [-0.25, -0.2) is 4.98 Å². The summed E-state index contributed by atoms with van der Waals surface area (Å²) in [6.45, 7) is 2.16. The van der Waals surface area contributed by atoms with Gasteiger partial charge in [0.15, 0.2) is 16.8 Å². The average Bonchev–Trinajstić information content (AvgIpc) is 2.85. The SMILES string of the molecule is CC/C=C\C/C=C\CCCCCCCCCCC(=O)Oc1ccc2nc3ccc(=O)cc-3oc2c1. The Morgan fingerprint density at radius 3 is 2.43 bits per heavy atom. The lowest BCUT2D eigenvalue weighted by molar-refractivity contribution is -0.134. The summed E-state index contributed by atoms with van der Waals surface area (Å²) in [6.07, 6.45) is 22.1. The number of allylic oxidation sites excluding steroid dienone is 4. The summed E-state index contributed by atoms with van der Waals surface area (Å²) in [7, 11) is 0. The van der Waals surface area contributed by atoms with Crippen molar-refractivity contribution < 1.29 is 13.9 Å². The van der Waals surface area contributed by atoms with E-state index in [0.29, 0.717) is 34.7 Å². The van der Waals surface area contributed by atoms with Gasteiger partial charge in [0.25, 0.3) is 0 Å². The number of carbonyl (C=O) groups is 1. The van der Waals surface area contributed by atoms with Crippen LogP contribution in [0.1, 0.15) is 84.0 Å². The molecule has 0 fully saturated rings. The van der Waals surface area contributed by atoms with Crippen LogP contribution in [0.15, 0.2) is 69.9 Å². The molecule has 186 valence electrons. The molecular formula is C30H37NO4. The third kappa shape index (κ3) is 9.51. The lowest BCUT2D eigenvalue weighted by Gasteiger charge is -2.08. The summed E-state index contributed by atoms with van der Waals surface area (Å²) in [4.78, 5) is 28.3. The van der Waals surface area contributed by atoms with Crippen molar-refractivity contribution >= 4 is 17.1 Å². The number of benzene rings is 2. The highest BCUT2D eigenvalue weighted by Gasteiger charge is 2.11. The van der Waals surface area contributed by atoms with Gasteiger partial charge in [-0.1, -0.05) is 69.8 Å². The van der Waals surface area contributed by atoms with Crippen LogP contribution in [0.3, 0.4) is 0 Å². The molecule has 0 saturated carbocycles. The van der Waals surface area contributed by atoms with Crippen LogP contribution in [0, 0.1) is 0 Å². The highest BCUT2D eigenvalue weighted by Crippen LogP contribution is 2.26. The van der Waals surface area contributed by atoms with Crippen LogP contribution in [0.25, 0.3) is 22.6 Å². The molecule has 1 aliphatic carbocycles. The Hall–Kier alpha value is -3.21. The van der Waals surface area contributed by atoms with Gasteiger partial charge in [0.1, 0.15) is 17.0 Å². The van der Waals surface area contributed by atoms with Crippen molar-refractivity contribution in [2.75, 3.05) is 0 Å². The van der Waals surface area contributed by atoms with E-state index in [1.165, 1.54) is 50.7 Å². The van der Waals surface area contributed by atoms with Gasteiger partial charge >= 0.3 is 5.97 Å². The van der Waals surface area contributed by atoms with Crippen molar-refractivity contribution in [1.29, 1.82) is 0 Å². The Bertz CT molecular complexity index is 1140. The minimum absolute atomic E-state index is 0.135. The van der Waals surface area contributed by atoms with Gasteiger partial charge in [0, 0.05) is 18.6 Å². The predicted molar refractivity (Wildman–Crippen MR) is 142 cm³/mol. The zero-order valence-corrected chi connectivity index (χ0v) is 20.8. The monoisotopic (exact) mass is 475 g/mol. The molecule has 0 radical (unpaired) electrons. The summed E-state index contributed by atoms with van der Waals surface area (Å²) in [5.41, 5.74) is 1.61. The van der Waals surface area contributed by atoms with E-state index in [1.807, 2.05) is 0 Å².